The van der Waals surface area contributed by atoms with E-state index in [1.54, 1.807) is 12.1 Å². The van der Waals surface area contributed by atoms with Crippen LogP contribution >= 0.6 is 12.4 Å². The van der Waals surface area contributed by atoms with Gasteiger partial charge >= 0.3 is 0 Å². The fourth-order valence-corrected chi connectivity index (χ4v) is 2.31. The molecule has 6 heteroatoms. The first-order valence-corrected chi connectivity index (χ1v) is 6.15. The molecule has 0 amide bonds. The van der Waals surface area contributed by atoms with E-state index in [1.807, 2.05) is 0 Å². The third-order valence-electron chi connectivity index (χ3n) is 3.33. The smallest absolute Gasteiger partial charge is 0.165 e. The molecule has 0 radical (unpaired) electrons. The van der Waals surface area contributed by atoms with Crippen LogP contribution in [0.25, 0.3) is 0 Å². The van der Waals surface area contributed by atoms with Crippen LogP contribution in [0, 0.1) is 5.82 Å². The SMILES string of the molecule is COc1cc([C@H](CO)N2CCNCC2)ccc1F.Cl. The van der Waals surface area contributed by atoms with Gasteiger partial charge in [0.2, 0.25) is 0 Å². The monoisotopic (exact) mass is 290 g/mol. The number of hydrogen-bond acceptors (Lipinski definition) is 4. The van der Waals surface area contributed by atoms with E-state index in [9.17, 15) is 9.50 Å². The summed E-state index contributed by atoms with van der Waals surface area (Å²) < 4.78 is 18.3. The Bertz CT molecular complexity index is 400. The number of hydrogen-bond donors (Lipinski definition) is 2. The molecule has 2 rings (SSSR count). The van der Waals surface area contributed by atoms with Gasteiger partial charge in [-0.25, -0.2) is 4.39 Å². The highest BCUT2D eigenvalue weighted by atomic mass is 35.5. The summed E-state index contributed by atoms with van der Waals surface area (Å²) in [5.74, 6) is -0.153. The van der Waals surface area contributed by atoms with E-state index in [1.165, 1.54) is 13.2 Å². The van der Waals surface area contributed by atoms with E-state index in [0.717, 1.165) is 31.7 Å². The van der Waals surface area contributed by atoms with Crippen molar-refractivity contribution in [3.63, 3.8) is 0 Å². The number of nitrogens with zero attached hydrogens (tertiary/aromatic N) is 1. The van der Waals surface area contributed by atoms with Gasteiger partial charge in [0.05, 0.1) is 19.8 Å². The zero-order chi connectivity index (χ0) is 13.0. The number of halogens is 2. The second-order valence-electron chi connectivity index (χ2n) is 4.38. The Hall–Kier alpha value is -0.880. The van der Waals surface area contributed by atoms with E-state index < -0.39 is 0 Å². The van der Waals surface area contributed by atoms with Gasteiger partial charge in [-0.1, -0.05) is 6.07 Å². The molecule has 1 fully saturated rings. The maximum Gasteiger partial charge on any atom is 0.165 e. The molecular formula is C13H20ClFN2O2. The van der Waals surface area contributed by atoms with Crippen LogP contribution in [-0.4, -0.2) is 49.9 Å². The number of nitrogens with one attached hydrogen (secondary N) is 1. The summed E-state index contributed by atoms with van der Waals surface area (Å²) in [6.07, 6.45) is 0. The fourth-order valence-electron chi connectivity index (χ4n) is 2.31. The van der Waals surface area contributed by atoms with Crippen molar-refractivity contribution >= 4 is 12.4 Å². The number of rotatable bonds is 4. The van der Waals surface area contributed by atoms with Crippen LogP contribution in [0.3, 0.4) is 0 Å². The van der Waals surface area contributed by atoms with Gasteiger partial charge in [-0.3, -0.25) is 4.90 Å². The van der Waals surface area contributed by atoms with E-state index in [-0.39, 0.29) is 36.6 Å². The summed E-state index contributed by atoms with van der Waals surface area (Å²) in [4.78, 5) is 2.20. The van der Waals surface area contributed by atoms with Crippen LogP contribution in [0.5, 0.6) is 5.75 Å². The molecule has 1 aromatic rings. The van der Waals surface area contributed by atoms with Gasteiger partial charge in [0, 0.05) is 26.2 Å². The number of benzene rings is 1. The van der Waals surface area contributed by atoms with Gasteiger partial charge in [-0.2, -0.15) is 0 Å². The topological polar surface area (TPSA) is 44.7 Å². The summed E-state index contributed by atoms with van der Waals surface area (Å²) in [6.45, 7) is 3.61. The van der Waals surface area contributed by atoms with Crippen molar-refractivity contribution < 1.29 is 14.2 Å². The van der Waals surface area contributed by atoms with E-state index in [0.29, 0.717) is 0 Å². The van der Waals surface area contributed by atoms with Crippen LogP contribution in [0.2, 0.25) is 0 Å². The summed E-state index contributed by atoms with van der Waals surface area (Å²) in [5.41, 5.74) is 0.887. The molecule has 1 saturated heterocycles. The Balaban J connectivity index is 0.00000180. The first-order chi connectivity index (χ1) is 8.76. The van der Waals surface area contributed by atoms with Crippen molar-refractivity contribution in [3.05, 3.63) is 29.6 Å². The molecule has 1 aliphatic rings. The normalized spacial score (nSPS) is 17.6. The minimum Gasteiger partial charge on any atom is -0.494 e. The predicted octanol–water partition coefficient (Wildman–Crippen LogP) is 1.19. The zero-order valence-electron chi connectivity index (χ0n) is 10.9. The van der Waals surface area contributed by atoms with Crippen LogP contribution in [0.15, 0.2) is 18.2 Å². The van der Waals surface area contributed by atoms with Crippen molar-refractivity contribution in [1.29, 1.82) is 0 Å². The van der Waals surface area contributed by atoms with Crippen LogP contribution in [0.1, 0.15) is 11.6 Å². The van der Waals surface area contributed by atoms with Gasteiger partial charge in [-0.05, 0) is 17.7 Å². The van der Waals surface area contributed by atoms with Crippen molar-refractivity contribution in [3.8, 4) is 5.75 Å². The molecule has 0 unspecified atom stereocenters. The summed E-state index contributed by atoms with van der Waals surface area (Å²) in [7, 11) is 1.45. The van der Waals surface area contributed by atoms with Crippen LogP contribution in [0.4, 0.5) is 4.39 Å². The highest BCUT2D eigenvalue weighted by Crippen LogP contribution is 2.26. The van der Waals surface area contributed by atoms with Gasteiger partial charge in [0.15, 0.2) is 11.6 Å². The lowest BCUT2D eigenvalue weighted by atomic mass is 10.0. The molecular weight excluding hydrogens is 271 g/mol. The average molecular weight is 291 g/mol. The Morgan fingerprint density at radius 1 is 1.42 bits per heavy atom. The summed E-state index contributed by atoms with van der Waals surface area (Å²) >= 11 is 0. The predicted molar refractivity (Wildman–Crippen MR) is 74.5 cm³/mol. The number of aliphatic hydroxyl groups is 1. The van der Waals surface area contributed by atoms with Crippen molar-refractivity contribution in [1.82, 2.24) is 10.2 Å². The first kappa shape index (κ1) is 16.2. The van der Waals surface area contributed by atoms with Crippen molar-refractivity contribution in [2.45, 2.75) is 6.04 Å². The highest BCUT2D eigenvalue weighted by Gasteiger charge is 2.22. The molecule has 4 nitrogen and oxygen atoms in total. The number of aliphatic hydroxyl groups excluding tert-OH is 1. The molecule has 1 heterocycles. The maximum atomic E-state index is 13.4. The number of ether oxygens (including phenoxy) is 1. The standard InChI is InChI=1S/C13H19FN2O2.ClH/c1-18-13-8-10(2-3-11(13)14)12(9-17)16-6-4-15-5-7-16;/h2-3,8,12,15,17H,4-7,9H2,1H3;1H/t12-;/m0./s1. The Morgan fingerprint density at radius 3 is 2.68 bits per heavy atom. The summed E-state index contributed by atoms with van der Waals surface area (Å²) in [6, 6.07) is 4.67. The van der Waals surface area contributed by atoms with Gasteiger partial charge < -0.3 is 15.2 Å². The molecule has 0 aromatic heterocycles. The molecule has 1 aliphatic heterocycles. The maximum absolute atomic E-state index is 13.4. The second-order valence-corrected chi connectivity index (χ2v) is 4.38. The molecule has 108 valence electrons. The lowest BCUT2D eigenvalue weighted by Gasteiger charge is -2.34. The van der Waals surface area contributed by atoms with E-state index >= 15 is 0 Å². The van der Waals surface area contributed by atoms with Crippen LogP contribution < -0.4 is 10.1 Å². The number of methoxy groups -OCH3 is 1. The molecule has 1 atom stereocenters. The average Bonchev–Trinajstić information content (AvgIpc) is 2.42. The lowest BCUT2D eigenvalue weighted by Crippen LogP contribution is -2.46. The van der Waals surface area contributed by atoms with Gasteiger partial charge in [-0.15, -0.1) is 12.4 Å². The van der Waals surface area contributed by atoms with Crippen molar-refractivity contribution in [2.24, 2.45) is 0 Å². The third kappa shape index (κ3) is 3.79. The Kier molecular flexibility index (Phi) is 6.51. The minimum atomic E-state index is -0.377. The van der Waals surface area contributed by atoms with Gasteiger partial charge in [0.25, 0.3) is 0 Å². The van der Waals surface area contributed by atoms with E-state index in [4.69, 9.17) is 4.74 Å². The zero-order valence-corrected chi connectivity index (χ0v) is 11.8. The molecule has 0 bridgehead atoms. The lowest BCUT2D eigenvalue weighted by molar-refractivity contribution is 0.110. The van der Waals surface area contributed by atoms with E-state index in [2.05, 4.69) is 10.2 Å². The quantitative estimate of drug-likeness (QED) is 0.874. The summed E-state index contributed by atoms with van der Waals surface area (Å²) in [5, 5.41) is 12.8. The van der Waals surface area contributed by atoms with Crippen molar-refractivity contribution in [2.75, 3.05) is 39.9 Å². The molecule has 1 aromatic carbocycles. The van der Waals surface area contributed by atoms with Gasteiger partial charge in [0.1, 0.15) is 0 Å². The molecule has 2 N–H and O–H groups in total. The Morgan fingerprint density at radius 2 is 2.11 bits per heavy atom. The molecule has 19 heavy (non-hydrogen) atoms. The number of piperazine rings is 1. The Labute approximate surface area is 119 Å². The molecule has 0 saturated carbocycles. The first-order valence-electron chi connectivity index (χ1n) is 6.15. The van der Waals surface area contributed by atoms with Crippen LogP contribution in [-0.2, 0) is 0 Å². The largest absolute Gasteiger partial charge is 0.494 e. The molecule has 0 aliphatic carbocycles. The minimum absolute atomic E-state index is 0. The highest BCUT2D eigenvalue weighted by molar-refractivity contribution is 5.85. The third-order valence-corrected chi connectivity index (χ3v) is 3.33. The fraction of sp³-hybridized carbons (Fsp3) is 0.538. The second kappa shape index (κ2) is 7.65. The molecule has 0 spiro atoms.